The van der Waals surface area contributed by atoms with Crippen molar-refractivity contribution < 1.29 is 35.5 Å². The van der Waals surface area contributed by atoms with Crippen LogP contribution in [0.15, 0.2) is 17.0 Å². The molecule has 0 aliphatic carbocycles. The number of halogens is 4. The van der Waals surface area contributed by atoms with E-state index in [0.717, 1.165) is 0 Å². The van der Waals surface area contributed by atoms with Crippen molar-refractivity contribution in [3.63, 3.8) is 0 Å². The summed E-state index contributed by atoms with van der Waals surface area (Å²) >= 11 is 0. The first-order valence-corrected chi connectivity index (χ1v) is 8.72. The number of rotatable bonds is 5. The maximum Gasteiger partial charge on any atom is 0.388 e. The van der Waals surface area contributed by atoms with Crippen LogP contribution in [-0.4, -0.2) is 27.1 Å². The minimum absolute atomic E-state index is 0.210. The number of hydrogen-bond acceptors (Lipinski definition) is 4. The molecular weight excluding hydrogens is 340 g/mol. The molecule has 9 heteroatoms. The monoisotopic (exact) mass is 356 g/mol. The molecule has 0 saturated carbocycles. The molecule has 0 bridgehead atoms. The highest BCUT2D eigenvalue weighted by molar-refractivity contribution is 7.91. The van der Waals surface area contributed by atoms with E-state index in [1.165, 1.54) is 6.92 Å². The molecule has 1 aliphatic rings. The Balaban J connectivity index is 2.33. The predicted molar refractivity (Wildman–Crippen MR) is 72.7 cm³/mol. The van der Waals surface area contributed by atoms with Gasteiger partial charge in [-0.3, -0.25) is 4.74 Å². The highest BCUT2D eigenvalue weighted by Crippen LogP contribution is 2.36. The van der Waals surface area contributed by atoms with E-state index in [-0.39, 0.29) is 13.0 Å². The van der Waals surface area contributed by atoms with Crippen molar-refractivity contribution in [1.29, 1.82) is 0 Å². The lowest BCUT2D eigenvalue weighted by Gasteiger charge is -2.27. The molecule has 1 atom stereocenters. The van der Waals surface area contributed by atoms with Crippen LogP contribution in [0.2, 0.25) is 0 Å². The maximum absolute atomic E-state index is 14.0. The van der Waals surface area contributed by atoms with Crippen molar-refractivity contribution in [3.05, 3.63) is 29.3 Å². The van der Waals surface area contributed by atoms with Gasteiger partial charge in [0.1, 0.15) is 4.90 Å². The van der Waals surface area contributed by atoms with Gasteiger partial charge in [0, 0.05) is 6.61 Å². The Labute approximate surface area is 131 Å². The lowest BCUT2D eigenvalue weighted by atomic mass is 10.1. The second-order valence-corrected chi connectivity index (χ2v) is 7.32. The number of benzene rings is 1. The lowest BCUT2D eigenvalue weighted by Crippen LogP contribution is -2.31. The molecule has 1 fully saturated rings. The van der Waals surface area contributed by atoms with Crippen LogP contribution < -0.4 is 0 Å². The fourth-order valence-corrected chi connectivity index (χ4v) is 3.13. The van der Waals surface area contributed by atoms with E-state index in [1.807, 2.05) is 0 Å². The molecule has 0 amide bonds. The predicted octanol–water partition coefficient (Wildman–Crippen LogP) is 3.35. The van der Waals surface area contributed by atoms with Gasteiger partial charge in [-0.15, -0.1) is 0 Å². The molecule has 0 N–H and O–H groups in total. The molecule has 0 spiro atoms. The SMILES string of the molecule is CCS(=O)(=O)c1ccc(C(F)(F)OC2CCCCO2)c(F)c1F. The Hall–Kier alpha value is -1.19. The maximum atomic E-state index is 14.0. The van der Waals surface area contributed by atoms with Crippen molar-refractivity contribution in [2.24, 2.45) is 0 Å². The zero-order chi connectivity index (χ0) is 17.3. The Morgan fingerprint density at radius 2 is 1.96 bits per heavy atom. The van der Waals surface area contributed by atoms with E-state index >= 15 is 0 Å². The van der Waals surface area contributed by atoms with E-state index in [1.54, 1.807) is 0 Å². The quantitative estimate of drug-likeness (QED) is 0.760. The van der Waals surface area contributed by atoms with Gasteiger partial charge in [-0.05, 0) is 31.4 Å². The highest BCUT2D eigenvalue weighted by atomic mass is 32.2. The van der Waals surface area contributed by atoms with Crippen molar-refractivity contribution in [1.82, 2.24) is 0 Å². The second-order valence-electron chi connectivity index (χ2n) is 5.07. The number of ether oxygens (including phenoxy) is 2. The van der Waals surface area contributed by atoms with Gasteiger partial charge in [0.15, 0.2) is 27.8 Å². The van der Waals surface area contributed by atoms with E-state index < -0.39 is 50.1 Å². The minimum Gasteiger partial charge on any atom is -0.352 e. The molecule has 23 heavy (non-hydrogen) atoms. The van der Waals surface area contributed by atoms with Crippen molar-refractivity contribution >= 4 is 9.84 Å². The lowest BCUT2D eigenvalue weighted by molar-refractivity contribution is -0.332. The third-order valence-corrected chi connectivity index (χ3v) is 5.24. The summed E-state index contributed by atoms with van der Waals surface area (Å²) in [6.07, 6.45) is -3.83. The largest absolute Gasteiger partial charge is 0.388 e. The summed E-state index contributed by atoms with van der Waals surface area (Å²) in [5.41, 5.74) is -1.36. The Morgan fingerprint density at radius 1 is 1.26 bits per heavy atom. The zero-order valence-electron chi connectivity index (χ0n) is 12.3. The summed E-state index contributed by atoms with van der Waals surface area (Å²) in [4.78, 5) is -0.953. The topological polar surface area (TPSA) is 52.6 Å². The molecule has 2 rings (SSSR count). The van der Waals surface area contributed by atoms with E-state index in [2.05, 4.69) is 4.74 Å². The molecule has 1 aliphatic heterocycles. The van der Waals surface area contributed by atoms with Crippen molar-refractivity contribution in [3.8, 4) is 0 Å². The van der Waals surface area contributed by atoms with Gasteiger partial charge >= 0.3 is 6.11 Å². The molecule has 1 unspecified atom stereocenters. The van der Waals surface area contributed by atoms with E-state index in [9.17, 15) is 26.0 Å². The first-order valence-electron chi connectivity index (χ1n) is 7.07. The van der Waals surface area contributed by atoms with Gasteiger partial charge in [-0.25, -0.2) is 17.2 Å². The molecule has 1 aromatic carbocycles. The van der Waals surface area contributed by atoms with Crippen LogP contribution >= 0.6 is 0 Å². The number of alkyl halides is 2. The normalized spacial score (nSPS) is 19.8. The number of sulfone groups is 1. The smallest absolute Gasteiger partial charge is 0.352 e. The molecule has 0 radical (unpaired) electrons. The van der Waals surface area contributed by atoms with Gasteiger partial charge in [0.25, 0.3) is 0 Å². The third-order valence-electron chi connectivity index (χ3n) is 3.49. The molecule has 1 saturated heterocycles. The summed E-state index contributed by atoms with van der Waals surface area (Å²) < 4.78 is 88.5. The van der Waals surface area contributed by atoms with Crippen LogP contribution in [-0.2, 0) is 25.4 Å². The molecule has 4 nitrogen and oxygen atoms in total. The van der Waals surface area contributed by atoms with Crippen LogP contribution in [0.3, 0.4) is 0 Å². The average Bonchev–Trinajstić information content (AvgIpc) is 2.50. The first kappa shape index (κ1) is 18.2. The first-order chi connectivity index (χ1) is 10.7. The van der Waals surface area contributed by atoms with Crippen LogP contribution in [0, 0.1) is 11.6 Å². The van der Waals surface area contributed by atoms with Crippen LogP contribution in [0.5, 0.6) is 0 Å². The summed E-state index contributed by atoms with van der Waals surface area (Å²) in [7, 11) is -4.07. The van der Waals surface area contributed by atoms with Gasteiger partial charge < -0.3 is 4.74 Å². The molecule has 130 valence electrons. The molecule has 1 heterocycles. The van der Waals surface area contributed by atoms with Gasteiger partial charge in [0.2, 0.25) is 0 Å². The standard InChI is InChI=1S/C14H16F4O4S/c1-2-23(19,20)10-7-6-9(12(15)13(10)16)14(17,18)22-11-5-3-4-8-21-11/h6-7,11H,2-5,8H2,1H3. The summed E-state index contributed by atoms with van der Waals surface area (Å²) in [5, 5.41) is 0. The summed E-state index contributed by atoms with van der Waals surface area (Å²) in [6.45, 7) is 1.48. The van der Waals surface area contributed by atoms with Gasteiger partial charge in [-0.1, -0.05) is 6.92 Å². The average molecular weight is 356 g/mol. The van der Waals surface area contributed by atoms with Crippen LogP contribution in [0.1, 0.15) is 31.7 Å². The Bertz CT molecular complexity index is 670. The van der Waals surface area contributed by atoms with Crippen LogP contribution in [0.4, 0.5) is 17.6 Å². The highest BCUT2D eigenvalue weighted by Gasteiger charge is 2.41. The van der Waals surface area contributed by atoms with E-state index in [0.29, 0.717) is 25.0 Å². The fourth-order valence-electron chi connectivity index (χ4n) is 2.18. The minimum atomic E-state index is -4.14. The molecule has 0 aromatic heterocycles. The second kappa shape index (κ2) is 6.74. The van der Waals surface area contributed by atoms with Crippen LogP contribution in [0.25, 0.3) is 0 Å². The third kappa shape index (κ3) is 3.84. The summed E-state index contributed by atoms with van der Waals surface area (Å²) in [5.74, 6) is -4.26. The van der Waals surface area contributed by atoms with Gasteiger partial charge in [-0.2, -0.15) is 8.78 Å². The molecule has 1 aromatic rings. The van der Waals surface area contributed by atoms with Crippen molar-refractivity contribution in [2.45, 2.75) is 43.5 Å². The molecular formula is C14H16F4O4S. The number of hydrogen-bond donors (Lipinski definition) is 0. The van der Waals surface area contributed by atoms with Crippen molar-refractivity contribution in [2.75, 3.05) is 12.4 Å². The fraction of sp³-hybridized carbons (Fsp3) is 0.571. The zero-order valence-corrected chi connectivity index (χ0v) is 13.1. The Morgan fingerprint density at radius 3 is 2.52 bits per heavy atom. The van der Waals surface area contributed by atoms with Gasteiger partial charge in [0.05, 0.1) is 11.3 Å². The summed E-state index contributed by atoms with van der Waals surface area (Å²) in [6, 6.07) is 1.13. The van der Waals surface area contributed by atoms with E-state index in [4.69, 9.17) is 4.74 Å². The Kier molecular flexibility index (Phi) is 5.32.